The molecule has 1 aliphatic rings. The largest absolute Gasteiger partial charge is 0.375 e. The molecule has 1 heterocycles. The first kappa shape index (κ1) is 21.6. The lowest BCUT2D eigenvalue weighted by molar-refractivity contribution is -0.134. The summed E-state index contributed by atoms with van der Waals surface area (Å²) >= 11 is 5.90. The van der Waals surface area contributed by atoms with Crippen molar-refractivity contribution in [1.29, 1.82) is 0 Å². The van der Waals surface area contributed by atoms with E-state index in [1.54, 1.807) is 31.2 Å². The fourth-order valence-corrected chi connectivity index (χ4v) is 3.50. The van der Waals surface area contributed by atoms with Crippen LogP contribution in [-0.4, -0.2) is 49.4 Å². The first-order valence-corrected chi connectivity index (χ1v) is 10.1. The van der Waals surface area contributed by atoms with Crippen LogP contribution < -0.4 is 15.5 Å². The van der Waals surface area contributed by atoms with E-state index in [0.717, 1.165) is 23.6 Å². The monoisotopic (exact) mass is 428 g/mol. The first-order chi connectivity index (χ1) is 14.3. The minimum Gasteiger partial charge on any atom is -0.375 e. The average molecular weight is 429 g/mol. The fraction of sp³-hybridized carbons (Fsp3) is 0.318. The zero-order valence-corrected chi connectivity index (χ0v) is 17.8. The molecule has 2 aromatic carbocycles. The second kappa shape index (κ2) is 9.17. The molecule has 0 aliphatic carbocycles. The van der Waals surface area contributed by atoms with Gasteiger partial charge in [0.25, 0.3) is 5.91 Å². The van der Waals surface area contributed by atoms with Gasteiger partial charge in [0.15, 0.2) is 0 Å². The van der Waals surface area contributed by atoms with Crippen LogP contribution in [0.25, 0.3) is 0 Å². The van der Waals surface area contributed by atoms with Crippen LogP contribution in [0.1, 0.15) is 18.9 Å². The Morgan fingerprint density at radius 2 is 1.80 bits per heavy atom. The second-order valence-corrected chi connectivity index (χ2v) is 7.85. The van der Waals surface area contributed by atoms with E-state index in [0.29, 0.717) is 17.1 Å². The minimum atomic E-state index is -1.22. The number of para-hydroxylation sites is 1. The van der Waals surface area contributed by atoms with Gasteiger partial charge in [-0.2, -0.15) is 0 Å². The van der Waals surface area contributed by atoms with Crippen molar-refractivity contribution in [3.63, 3.8) is 0 Å². The van der Waals surface area contributed by atoms with Crippen LogP contribution >= 0.6 is 11.6 Å². The van der Waals surface area contributed by atoms with Crippen LogP contribution in [0.3, 0.4) is 0 Å². The number of hydrogen-bond donors (Lipinski definition) is 2. The molecule has 2 aromatic rings. The van der Waals surface area contributed by atoms with Crippen molar-refractivity contribution in [1.82, 2.24) is 15.5 Å². The third-order valence-corrected chi connectivity index (χ3v) is 5.44. The maximum absolute atomic E-state index is 12.9. The molecule has 0 bridgehead atoms. The number of carbonyl (C=O) groups is 3. The molecule has 2 N–H and O–H groups in total. The van der Waals surface area contributed by atoms with Crippen molar-refractivity contribution in [2.45, 2.75) is 18.9 Å². The van der Waals surface area contributed by atoms with Gasteiger partial charge < -0.3 is 15.5 Å². The predicted octanol–water partition coefficient (Wildman–Crippen LogP) is 2.75. The number of nitrogens with one attached hydrogen (secondary N) is 2. The van der Waals surface area contributed by atoms with Crippen LogP contribution in [-0.2, 0) is 15.1 Å². The van der Waals surface area contributed by atoms with Crippen LogP contribution in [0.15, 0.2) is 54.6 Å². The number of benzene rings is 2. The van der Waals surface area contributed by atoms with Gasteiger partial charge in [0.1, 0.15) is 12.1 Å². The lowest BCUT2D eigenvalue weighted by Crippen LogP contribution is -2.43. The van der Waals surface area contributed by atoms with E-state index < -0.39 is 17.5 Å². The topological polar surface area (TPSA) is 81.8 Å². The highest BCUT2D eigenvalue weighted by Crippen LogP contribution is 2.29. The molecule has 0 spiro atoms. The highest BCUT2D eigenvalue weighted by Gasteiger charge is 2.49. The molecule has 4 amide bonds. The Hall–Kier alpha value is -3.06. The number of halogens is 1. The van der Waals surface area contributed by atoms with Crippen molar-refractivity contribution in [2.24, 2.45) is 0 Å². The normalized spacial score (nSPS) is 18.3. The summed E-state index contributed by atoms with van der Waals surface area (Å²) < 4.78 is 0. The van der Waals surface area contributed by atoms with E-state index in [1.807, 2.05) is 37.4 Å². The molecule has 8 heteroatoms. The summed E-state index contributed by atoms with van der Waals surface area (Å²) in [4.78, 5) is 40.5. The van der Waals surface area contributed by atoms with Gasteiger partial charge in [-0.25, -0.2) is 4.79 Å². The highest BCUT2D eigenvalue weighted by molar-refractivity contribution is 6.30. The molecule has 3 rings (SSSR count). The summed E-state index contributed by atoms with van der Waals surface area (Å²) in [6.07, 6.45) is 0.736. The lowest BCUT2D eigenvalue weighted by atomic mass is 9.92. The lowest BCUT2D eigenvalue weighted by Gasteiger charge is -2.22. The fourth-order valence-electron chi connectivity index (χ4n) is 3.37. The predicted molar refractivity (Wildman–Crippen MR) is 116 cm³/mol. The van der Waals surface area contributed by atoms with Crippen molar-refractivity contribution < 1.29 is 14.4 Å². The zero-order chi connectivity index (χ0) is 21.7. The summed E-state index contributed by atoms with van der Waals surface area (Å²) in [5.41, 5.74) is 0.488. The van der Waals surface area contributed by atoms with Crippen molar-refractivity contribution >= 4 is 35.1 Å². The van der Waals surface area contributed by atoms with Crippen molar-refractivity contribution in [3.05, 3.63) is 65.2 Å². The SMILES string of the molecule is CN(CCCNC(=O)CN1C(=O)NC(C)(c2ccc(Cl)cc2)C1=O)c1ccccc1. The van der Waals surface area contributed by atoms with E-state index in [-0.39, 0.29) is 12.5 Å². The average Bonchev–Trinajstić information content (AvgIpc) is 2.96. The molecule has 1 fully saturated rings. The summed E-state index contributed by atoms with van der Waals surface area (Å²) in [5, 5.41) is 5.99. The summed E-state index contributed by atoms with van der Waals surface area (Å²) in [6, 6.07) is 16.1. The molecule has 0 radical (unpaired) electrons. The van der Waals surface area contributed by atoms with Gasteiger partial charge in [0.2, 0.25) is 5.91 Å². The number of rotatable bonds is 8. The number of imide groups is 1. The molecule has 0 saturated carbocycles. The smallest absolute Gasteiger partial charge is 0.325 e. The van der Waals surface area contributed by atoms with Gasteiger partial charge >= 0.3 is 6.03 Å². The Morgan fingerprint density at radius 1 is 1.13 bits per heavy atom. The van der Waals surface area contributed by atoms with Gasteiger partial charge in [-0.15, -0.1) is 0 Å². The minimum absolute atomic E-state index is 0.317. The van der Waals surface area contributed by atoms with Crippen LogP contribution in [0, 0.1) is 0 Å². The third-order valence-electron chi connectivity index (χ3n) is 5.19. The number of urea groups is 1. The van der Waals surface area contributed by atoms with Gasteiger partial charge in [0.05, 0.1) is 0 Å². The Kier molecular flexibility index (Phi) is 6.62. The van der Waals surface area contributed by atoms with E-state index in [9.17, 15) is 14.4 Å². The van der Waals surface area contributed by atoms with E-state index in [1.165, 1.54) is 0 Å². The molecule has 1 aliphatic heterocycles. The third kappa shape index (κ3) is 4.74. The van der Waals surface area contributed by atoms with Gasteiger partial charge in [-0.1, -0.05) is 41.9 Å². The van der Waals surface area contributed by atoms with Crippen molar-refractivity contribution in [2.75, 3.05) is 31.6 Å². The number of anilines is 1. The van der Waals surface area contributed by atoms with Crippen LogP contribution in [0.4, 0.5) is 10.5 Å². The molecule has 1 atom stereocenters. The number of hydrogen-bond acceptors (Lipinski definition) is 4. The summed E-state index contributed by atoms with van der Waals surface area (Å²) in [5.74, 6) is -0.838. The summed E-state index contributed by atoms with van der Waals surface area (Å²) in [6.45, 7) is 2.52. The highest BCUT2D eigenvalue weighted by atomic mass is 35.5. The molecular weight excluding hydrogens is 404 g/mol. The van der Waals surface area contributed by atoms with E-state index >= 15 is 0 Å². The molecule has 30 heavy (non-hydrogen) atoms. The summed E-state index contributed by atoms with van der Waals surface area (Å²) in [7, 11) is 1.99. The molecule has 1 unspecified atom stereocenters. The van der Waals surface area contributed by atoms with E-state index in [4.69, 9.17) is 11.6 Å². The number of carbonyl (C=O) groups excluding carboxylic acids is 3. The molecule has 1 saturated heterocycles. The number of amides is 4. The zero-order valence-electron chi connectivity index (χ0n) is 17.0. The Morgan fingerprint density at radius 3 is 2.47 bits per heavy atom. The van der Waals surface area contributed by atoms with Crippen molar-refractivity contribution in [3.8, 4) is 0 Å². The van der Waals surface area contributed by atoms with Gasteiger partial charge in [-0.05, 0) is 43.2 Å². The number of nitrogens with zero attached hydrogens (tertiary/aromatic N) is 2. The molecule has 7 nitrogen and oxygen atoms in total. The molecule has 0 aromatic heterocycles. The standard InChI is InChI=1S/C22H25ClN4O3/c1-22(16-9-11-17(23)12-10-16)20(29)27(21(30)25-22)15-19(28)24-13-6-14-26(2)18-7-4-3-5-8-18/h3-5,7-12H,6,13-15H2,1-2H3,(H,24,28)(H,25,30). The van der Waals surface area contributed by atoms with Crippen LogP contribution in [0.2, 0.25) is 5.02 Å². The second-order valence-electron chi connectivity index (χ2n) is 7.41. The van der Waals surface area contributed by atoms with Crippen LogP contribution in [0.5, 0.6) is 0 Å². The first-order valence-electron chi connectivity index (χ1n) is 9.74. The quantitative estimate of drug-likeness (QED) is 0.500. The Balaban J connectivity index is 1.49. The Bertz CT molecular complexity index is 920. The molecule has 158 valence electrons. The van der Waals surface area contributed by atoms with E-state index in [2.05, 4.69) is 15.5 Å². The Labute approximate surface area is 181 Å². The van der Waals surface area contributed by atoms with Gasteiger partial charge in [-0.3, -0.25) is 14.5 Å². The molecular formula is C22H25ClN4O3. The maximum atomic E-state index is 12.9. The van der Waals surface area contributed by atoms with Gasteiger partial charge in [0, 0.05) is 30.8 Å². The maximum Gasteiger partial charge on any atom is 0.325 e.